The number of nitrogens with one attached hydrogen (secondary N) is 1. The fourth-order valence-electron chi connectivity index (χ4n) is 1.90. The Morgan fingerprint density at radius 3 is 2.60 bits per heavy atom. The Morgan fingerprint density at radius 2 is 2.07 bits per heavy atom. The molecule has 2 nitrogen and oxygen atoms in total. The molecule has 1 heterocycles. The van der Waals surface area contributed by atoms with Crippen LogP contribution in [0.4, 0.5) is 0 Å². The van der Waals surface area contributed by atoms with E-state index in [0.29, 0.717) is 6.42 Å². The van der Waals surface area contributed by atoms with Crippen molar-refractivity contribution >= 4 is 12.0 Å². The first-order valence-corrected chi connectivity index (χ1v) is 5.31. The summed E-state index contributed by atoms with van der Waals surface area (Å²) in [5.41, 5.74) is 2.40. The van der Waals surface area contributed by atoms with Crippen molar-refractivity contribution in [3.8, 4) is 0 Å². The molecule has 0 aliphatic carbocycles. The van der Waals surface area contributed by atoms with Crippen molar-refractivity contribution in [3.05, 3.63) is 41.5 Å². The molecule has 1 aromatic rings. The maximum absolute atomic E-state index is 11.1. The van der Waals surface area contributed by atoms with E-state index in [4.69, 9.17) is 0 Å². The maximum Gasteiger partial charge on any atom is 0.220 e. The lowest BCUT2D eigenvalue weighted by Gasteiger charge is -2.10. The van der Waals surface area contributed by atoms with Crippen LogP contribution in [-0.2, 0) is 4.79 Å². The van der Waals surface area contributed by atoms with Crippen LogP contribution < -0.4 is 5.32 Å². The van der Waals surface area contributed by atoms with Gasteiger partial charge in [0.15, 0.2) is 0 Å². The summed E-state index contributed by atoms with van der Waals surface area (Å²) < 4.78 is 0. The molecule has 0 saturated carbocycles. The second-order valence-electron chi connectivity index (χ2n) is 3.83. The highest BCUT2D eigenvalue weighted by Crippen LogP contribution is 2.23. The Kier molecular flexibility index (Phi) is 2.86. The van der Waals surface area contributed by atoms with E-state index in [0.717, 1.165) is 6.42 Å². The van der Waals surface area contributed by atoms with Gasteiger partial charge < -0.3 is 5.32 Å². The van der Waals surface area contributed by atoms with E-state index < -0.39 is 0 Å². The van der Waals surface area contributed by atoms with Gasteiger partial charge in [-0.2, -0.15) is 0 Å². The van der Waals surface area contributed by atoms with Gasteiger partial charge in [-0.25, -0.2) is 0 Å². The van der Waals surface area contributed by atoms with E-state index in [1.54, 1.807) is 0 Å². The van der Waals surface area contributed by atoms with Gasteiger partial charge >= 0.3 is 0 Å². The first-order chi connectivity index (χ1) is 7.29. The summed E-state index contributed by atoms with van der Waals surface area (Å²) in [6.07, 6.45) is 5.66. The number of amides is 1. The van der Waals surface area contributed by atoms with Crippen LogP contribution in [0.5, 0.6) is 0 Å². The van der Waals surface area contributed by atoms with Gasteiger partial charge in [0.1, 0.15) is 0 Å². The molecule has 1 unspecified atom stereocenters. The number of carbonyl (C=O) groups is 1. The van der Waals surface area contributed by atoms with E-state index in [9.17, 15) is 4.79 Å². The Bertz CT molecular complexity index is 378. The van der Waals surface area contributed by atoms with Crippen molar-refractivity contribution in [2.45, 2.75) is 25.8 Å². The van der Waals surface area contributed by atoms with Crippen LogP contribution in [0, 0.1) is 0 Å². The van der Waals surface area contributed by atoms with Crippen LogP contribution in [0.25, 0.3) is 6.08 Å². The molecule has 0 aromatic heterocycles. The second kappa shape index (κ2) is 4.30. The molecule has 0 spiro atoms. The zero-order chi connectivity index (χ0) is 10.7. The Balaban J connectivity index is 2.13. The summed E-state index contributed by atoms with van der Waals surface area (Å²) in [6, 6.07) is 8.56. The van der Waals surface area contributed by atoms with Crippen molar-refractivity contribution in [2.75, 3.05) is 0 Å². The van der Waals surface area contributed by atoms with Crippen molar-refractivity contribution in [1.82, 2.24) is 5.32 Å². The Hall–Kier alpha value is -1.57. The molecular weight excluding hydrogens is 186 g/mol. The van der Waals surface area contributed by atoms with Crippen LogP contribution in [0.1, 0.15) is 36.9 Å². The normalized spacial score (nSPS) is 20.9. The molecule has 1 aliphatic heterocycles. The number of allylic oxidation sites excluding steroid dienone is 1. The molecule has 15 heavy (non-hydrogen) atoms. The molecule has 78 valence electrons. The van der Waals surface area contributed by atoms with Crippen molar-refractivity contribution in [2.24, 2.45) is 0 Å². The number of hydrogen-bond acceptors (Lipinski definition) is 1. The number of benzene rings is 1. The molecule has 1 N–H and O–H groups in total. The zero-order valence-corrected chi connectivity index (χ0v) is 8.86. The number of rotatable bonds is 2. The Morgan fingerprint density at radius 1 is 1.33 bits per heavy atom. The quantitative estimate of drug-likeness (QED) is 0.783. The fraction of sp³-hybridized carbons (Fsp3) is 0.308. The van der Waals surface area contributed by atoms with Crippen LogP contribution in [0.2, 0.25) is 0 Å². The SMILES string of the molecule is C/C=C/c1ccc(C2CCC(=O)N2)cc1. The molecule has 0 bridgehead atoms. The molecule has 1 aliphatic rings. The lowest BCUT2D eigenvalue weighted by Crippen LogP contribution is -2.18. The monoisotopic (exact) mass is 201 g/mol. The molecule has 1 saturated heterocycles. The van der Waals surface area contributed by atoms with Gasteiger partial charge in [-0.3, -0.25) is 4.79 Å². The first kappa shape index (κ1) is 9.97. The van der Waals surface area contributed by atoms with E-state index in [1.165, 1.54) is 11.1 Å². The standard InChI is InChI=1S/C13H15NO/c1-2-3-10-4-6-11(7-5-10)12-8-9-13(15)14-12/h2-7,12H,8-9H2,1H3,(H,14,15)/b3-2+. The third-order valence-corrected chi connectivity index (χ3v) is 2.69. The maximum atomic E-state index is 11.1. The van der Waals surface area contributed by atoms with Crippen LogP contribution in [0.3, 0.4) is 0 Å². The van der Waals surface area contributed by atoms with Gasteiger partial charge in [0.2, 0.25) is 5.91 Å². The predicted molar refractivity (Wildman–Crippen MR) is 61.3 cm³/mol. The minimum Gasteiger partial charge on any atom is -0.349 e. The minimum absolute atomic E-state index is 0.164. The molecule has 2 heteroatoms. The van der Waals surface area contributed by atoms with E-state index in [-0.39, 0.29) is 11.9 Å². The van der Waals surface area contributed by atoms with Gasteiger partial charge in [0.05, 0.1) is 6.04 Å². The average Bonchev–Trinajstić information content (AvgIpc) is 2.67. The lowest BCUT2D eigenvalue weighted by molar-refractivity contribution is -0.119. The van der Waals surface area contributed by atoms with Crippen LogP contribution >= 0.6 is 0 Å². The van der Waals surface area contributed by atoms with E-state index in [2.05, 4.69) is 35.7 Å². The molecule has 0 radical (unpaired) electrons. The molecule has 1 amide bonds. The Labute approximate surface area is 90.0 Å². The molecule has 1 atom stereocenters. The first-order valence-electron chi connectivity index (χ1n) is 5.31. The van der Waals surface area contributed by atoms with Gasteiger partial charge in [-0.1, -0.05) is 36.4 Å². The van der Waals surface area contributed by atoms with Gasteiger partial charge in [0, 0.05) is 6.42 Å². The summed E-state index contributed by atoms with van der Waals surface area (Å²) in [5.74, 6) is 0.164. The van der Waals surface area contributed by atoms with Crippen LogP contribution in [0.15, 0.2) is 30.3 Å². The predicted octanol–water partition coefficient (Wildman–Crippen LogP) is 2.67. The minimum atomic E-state index is 0.164. The zero-order valence-electron chi connectivity index (χ0n) is 8.86. The van der Waals surface area contributed by atoms with Crippen LogP contribution in [-0.4, -0.2) is 5.91 Å². The lowest BCUT2D eigenvalue weighted by atomic mass is 10.0. The summed E-state index contributed by atoms with van der Waals surface area (Å²) in [5, 5.41) is 2.96. The average molecular weight is 201 g/mol. The summed E-state index contributed by atoms with van der Waals surface area (Å²) >= 11 is 0. The van der Waals surface area contributed by atoms with Gasteiger partial charge in [-0.05, 0) is 24.5 Å². The molecule has 1 fully saturated rings. The fourth-order valence-corrected chi connectivity index (χ4v) is 1.90. The van der Waals surface area contributed by atoms with E-state index in [1.807, 2.05) is 13.0 Å². The highest BCUT2D eigenvalue weighted by molar-refractivity contribution is 5.78. The van der Waals surface area contributed by atoms with Gasteiger partial charge in [-0.15, -0.1) is 0 Å². The summed E-state index contributed by atoms with van der Waals surface area (Å²) in [4.78, 5) is 11.1. The van der Waals surface area contributed by atoms with Gasteiger partial charge in [0.25, 0.3) is 0 Å². The highest BCUT2D eigenvalue weighted by atomic mass is 16.1. The third kappa shape index (κ3) is 2.27. The molecule has 1 aromatic carbocycles. The second-order valence-corrected chi connectivity index (χ2v) is 3.83. The number of carbonyl (C=O) groups excluding carboxylic acids is 1. The van der Waals surface area contributed by atoms with Crippen molar-refractivity contribution < 1.29 is 4.79 Å². The smallest absolute Gasteiger partial charge is 0.220 e. The summed E-state index contributed by atoms with van der Waals surface area (Å²) in [7, 11) is 0. The largest absolute Gasteiger partial charge is 0.349 e. The summed E-state index contributed by atoms with van der Waals surface area (Å²) in [6.45, 7) is 2.01. The van der Waals surface area contributed by atoms with E-state index >= 15 is 0 Å². The highest BCUT2D eigenvalue weighted by Gasteiger charge is 2.21. The topological polar surface area (TPSA) is 29.1 Å². The third-order valence-electron chi connectivity index (χ3n) is 2.69. The van der Waals surface area contributed by atoms with Crippen molar-refractivity contribution in [1.29, 1.82) is 0 Å². The number of hydrogen-bond donors (Lipinski definition) is 1. The van der Waals surface area contributed by atoms with Crippen molar-refractivity contribution in [3.63, 3.8) is 0 Å². The molecule has 2 rings (SSSR count). The molecular formula is C13H15NO.